The number of piperidine rings is 2. The van der Waals surface area contributed by atoms with Gasteiger partial charge in [-0.3, -0.25) is 4.79 Å². The minimum atomic E-state index is -0.472. The molecule has 0 atom stereocenters. The summed E-state index contributed by atoms with van der Waals surface area (Å²) < 4.78 is 25.6. The number of hydrogen-bond donors (Lipinski definition) is 0. The van der Waals surface area contributed by atoms with Crippen LogP contribution in [0.2, 0.25) is 0 Å². The fourth-order valence-electron chi connectivity index (χ4n) is 6.29. The Hall–Kier alpha value is -3.04. The molecule has 0 unspecified atom stereocenters. The Bertz CT molecular complexity index is 1310. The van der Waals surface area contributed by atoms with E-state index in [1.807, 2.05) is 45.4 Å². The van der Waals surface area contributed by atoms with Crippen molar-refractivity contribution in [2.45, 2.75) is 104 Å². The standard InChI is InChI=1S/C35H53N3O6/c1-9-15-38-23-30(24(2)25(3)33(38)39)26-21-31(41-7)29(32(22-26)42-8)14-18-36-16-10-27(11-17-36)43-28-12-19-37(20-13-28)34(40)44-35(4,5)6/h21-23,27-28H,9-20H2,1-8H3. The van der Waals surface area contributed by atoms with Crippen molar-refractivity contribution in [3.05, 3.63) is 45.4 Å². The lowest BCUT2D eigenvalue weighted by atomic mass is 9.96. The van der Waals surface area contributed by atoms with E-state index in [-0.39, 0.29) is 23.9 Å². The number of amides is 1. The van der Waals surface area contributed by atoms with Crippen molar-refractivity contribution in [2.24, 2.45) is 0 Å². The number of aromatic nitrogens is 1. The van der Waals surface area contributed by atoms with Crippen LogP contribution < -0.4 is 15.0 Å². The summed E-state index contributed by atoms with van der Waals surface area (Å²) in [6.07, 6.45) is 7.63. The average Bonchev–Trinajstić information content (AvgIpc) is 3.00. The van der Waals surface area contributed by atoms with Crippen LogP contribution in [0.3, 0.4) is 0 Å². The zero-order chi connectivity index (χ0) is 32.0. The van der Waals surface area contributed by atoms with Gasteiger partial charge in [0.1, 0.15) is 17.1 Å². The molecule has 1 amide bonds. The molecule has 0 N–H and O–H groups in total. The van der Waals surface area contributed by atoms with Crippen LogP contribution in [0, 0.1) is 13.8 Å². The molecule has 1 aromatic carbocycles. The van der Waals surface area contributed by atoms with Crippen molar-refractivity contribution >= 4 is 6.09 Å². The van der Waals surface area contributed by atoms with E-state index in [1.54, 1.807) is 19.1 Å². The number of ether oxygens (including phenoxy) is 4. The van der Waals surface area contributed by atoms with Gasteiger partial charge in [-0.1, -0.05) is 6.92 Å². The summed E-state index contributed by atoms with van der Waals surface area (Å²) in [7, 11) is 3.41. The number of pyridine rings is 1. The number of aryl methyl sites for hydroxylation is 1. The lowest BCUT2D eigenvalue weighted by Gasteiger charge is -2.37. The van der Waals surface area contributed by atoms with E-state index in [0.717, 1.165) is 97.5 Å². The zero-order valence-electron chi connectivity index (χ0n) is 28.2. The van der Waals surface area contributed by atoms with Gasteiger partial charge in [0.25, 0.3) is 5.56 Å². The highest BCUT2D eigenvalue weighted by Crippen LogP contribution is 2.37. The summed E-state index contributed by atoms with van der Waals surface area (Å²) in [5.74, 6) is 1.61. The van der Waals surface area contributed by atoms with Crippen molar-refractivity contribution in [3.63, 3.8) is 0 Å². The van der Waals surface area contributed by atoms with Gasteiger partial charge in [0, 0.05) is 62.2 Å². The maximum Gasteiger partial charge on any atom is 0.410 e. The van der Waals surface area contributed by atoms with Crippen molar-refractivity contribution in [2.75, 3.05) is 46.9 Å². The van der Waals surface area contributed by atoms with Crippen molar-refractivity contribution in [1.82, 2.24) is 14.4 Å². The van der Waals surface area contributed by atoms with Crippen LogP contribution in [0.1, 0.15) is 76.5 Å². The molecule has 3 heterocycles. The van der Waals surface area contributed by atoms with Crippen LogP contribution in [0.5, 0.6) is 11.5 Å². The Morgan fingerprint density at radius 3 is 1.98 bits per heavy atom. The highest BCUT2D eigenvalue weighted by atomic mass is 16.6. The summed E-state index contributed by atoms with van der Waals surface area (Å²) in [4.78, 5) is 29.4. The largest absolute Gasteiger partial charge is 0.496 e. The Labute approximate surface area is 263 Å². The van der Waals surface area contributed by atoms with E-state index < -0.39 is 5.60 Å². The smallest absolute Gasteiger partial charge is 0.410 e. The van der Waals surface area contributed by atoms with Gasteiger partial charge in [-0.2, -0.15) is 0 Å². The van der Waals surface area contributed by atoms with E-state index >= 15 is 0 Å². The molecule has 2 saturated heterocycles. The number of methoxy groups -OCH3 is 2. The molecule has 0 radical (unpaired) electrons. The van der Waals surface area contributed by atoms with Gasteiger partial charge in [0.2, 0.25) is 0 Å². The molecule has 2 aliphatic heterocycles. The van der Waals surface area contributed by atoms with Crippen LogP contribution in [-0.2, 0) is 22.4 Å². The summed E-state index contributed by atoms with van der Waals surface area (Å²) in [5, 5.41) is 0. The first kappa shape index (κ1) is 33.8. The average molecular weight is 612 g/mol. The fourth-order valence-corrected chi connectivity index (χ4v) is 6.29. The van der Waals surface area contributed by atoms with Gasteiger partial charge in [0.15, 0.2) is 0 Å². The topological polar surface area (TPSA) is 82.5 Å². The van der Waals surface area contributed by atoms with Crippen LogP contribution in [0.15, 0.2) is 23.1 Å². The number of likely N-dealkylation sites (tertiary alicyclic amines) is 2. The normalized spacial score (nSPS) is 17.1. The van der Waals surface area contributed by atoms with E-state index in [0.29, 0.717) is 19.6 Å². The number of nitrogens with zero attached hydrogens (tertiary/aromatic N) is 3. The van der Waals surface area contributed by atoms with Gasteiger partial charge in [-0.05, 0) is 96.4 Å². The Morgan fingerprint density at radius 2 is 1.45 bits per heavy atom. The first-order valence-corrected chi connectivity index (χ1v) is 16.3. The highest BCUT2D eigenvalue weighted by molar-refractivity contribution is 5.72. The molecule has 0 spiro atoms. The molecule has 0 saturated carbocycles. The predicted molar refractivity (Wildman–Crippen MR) is 174 cm³/mol. The molecule has 2 aliphatic rings. The molecule has 4 rings (SSSR count). The molecule has 0 bridgehead atoms. The van der Waals surface area contributed by atoms with Gasteiger partial charge < -0.3 is 33.3 Å². The molecule has 9 heteroatoms. The molecule has 244 valence electrons. The van der Waals surface area contributed by atoms with Crippen molar-refractivity contribution in [3.8, 4) is 22.6 Å². The second kappa shape index (κ2) is 14.8. The lowest BCUT2D eigenvalue weighted by Crippen LogP contribution is -2.45. The quantitative estimate of drug-likeness (QED) is 0.327. The third kappa shape index (κ3) is 8.36. The minimum absolute atomic E-state index is 0.0707. The molecular formula is C35H53N3O6. The molecule has 0 aliphatic carbocycles. The third-order valence-electron chi connectivity index (χ3n) is 8.91. The SMILES string of the molecule is CCCn1cc(-c2cc(OC)c(CCN3CCC(OC4CCN(C(=O)OC(C)(C)C)CC4)CC3)c(OC)c2)c(C)c(C)c1=O. The summed E-state index contributed by atoms with van der Waals surface area (Å²) in [6.45, 7) is 16.6. The van der Waals surface area contributed by atoms with E-state index in [9.17, 15) is 9.59 Å². The lowest BCUT2D eigenvalue weighted by molar-refractivity contribution is -0.0661. The number of rotatable bonds is 10. The second-order valence-electron chi connectivity index (χ2n) is 13.2. The Balaban J connectivity index is 1.33. The van der Waals surface area contributed by atoms with Crippen LogP contribution in [0.4, 0.5) is 4.79 Å². The summed E-state index contributed by atoms with van der Waals surface area (Å²) >= 11 is 0. The molecule has 1 aromatic heterocycles. The van der Waals surface area contributed by atoms with Gasteiger partial charge >= 0.3 is 6.09 Å². The molecule has 2 fully saturated rings. The summed E-state index contributed by atoms with van der Waals surface area (Å²) in [5.41, 5.74) is 4.43. The Kier molecular flexibility index (Phi) is 11.4. The van der Waals surface area contributed by atoms with Gasteiger partial charge in [-0.25, -0.2) is 4.79 Å². The molecular weight excluding hydrogens is 558 g/mol. The number of carbonyl (C=O) groups is 1. The minimum Gasteiger partial charge on any atom is -0.496 e. The predicted octanol–water partition coefficient (Wildman–Crippen LogP) is 5.98. The van der Waals surface area contributed by atoms with Gasteiger partial charge in [-0.15, -0.1) is 0 Å². The van der Waals surface area contributed by atoms with Crippen molar-refractivity contribution in [1.29, 1.82) is 0 Å². The maximum atomic E-state index is 12.8. The number of carbonyl (C=O) groups excluding carboxylic acids is 1. The monoisotopic (exact) mass is 611 g/mol. The van der Waals surface area contributed by atoms with Gasteiger partial charge in [0.05, 0.1) is 26.4 Å². The fraction of sp³-hybridized carbons (Fsp3) is 0.657. The van der Waals surface area contributed by atoms with E-state index in [2.05, 4.69) is 24.0 Å². The number of benzene rings is 1. The maximum absolute atomic E-state index is 12.8. The summed E-state index contributed by atoms with van der Waals surface area (Å²) in [6, 6.07) is 4.16. The first-order valence-electron chi connectivity index (χ1n) is 16.3. The third-order valence-corrected chi connectivity index (χ3v) is 8.91. The first-order chi connectivity index (χ1) is 20.9. The van der Waals surface area contributed by atoms with Crippen LogP contribution in [-0.4, -0.2) is 85.2 Å². The Morgan fingerprint density at radius 1 is 0.886 bits per heavy atom. The highest BCUT2D eigenvalue weighted by Gasteiger charge is 2.30. The molecule has 2 aromatic rings. The molecule has 44 heavy (non-hydrogen) atoms. The number of hydrogen-bond acceptors (Lipinski definition) is 7. The zero-order valence-corrected chi connectivity index (χ0v) is 28.2. The van der Waals surface area contributed by atoms with Crippen molar-refractivity contribution < 1.29 is 23.7 Å². The molecule has 9 nitrogen and oxygen atoms in total. The van der Waals surface area contributed by atoms with E-state index in [1.165, 1.54) is 0 Å². The van der Waals surface area contributed by atoms with Crippen LogP contribution >= 0.6 is 0 Å². The van der Waals surface area contributed by atoms with E-state index in [4.69, 9.17) is 18.9 Å². The van der Waals surface area contributed by atoms with Crippen LogP contribution in [0.25, 0.3) is 11.1 Å². The second-order valence-corrected chi connectivity index (χ2v) is 13.2.